The van der Waals surface area contributed by atoms with Crippen molar-refractivity contribution in [1.29, 1.82) is 0 Å². The minimum absolute atomic E-state index is 0.942. The first-order valence-electron chi connectivity index (χ1n) is 20.7. The smallest absolute Gasteiger partial charge is 0.0730 e. The maximum atomic E-state index is 5.26. The molecule has 0 spiro atoms. The summed E-state index contributed by atoms with van der Waals surface area (Å²) < 4.78 is 2.46. The molecule has 280 valence electrons. The van der Waals surface area contributed by atoms with Crippen molar-refractivity contribution in [1.82, 2.24) is 9.55 Å². The molecule has 60 heavy (non-hydrogen) atoms. The quantitative estimate of drug-likeness (QED) is 0.160. The summed E-state index contributed by atoms with van der Waals surface area (Å²) in [6.07, 6.45) is 0. The molecule has 2 heteroatoms. The van der Waals surface area contributed by atoms with Crippen LogP contribution in [0.1, 0.15) is 5.56 Å². The summed E-state index contributed by atoms with van der Waals surface area (Å²) in [5.74, 6) is 0. The van der Waals surface area contributed by atoms with Gasteiger partial charge in [-0.25, -0.2) is 4.98 Å². The van der Waals surface area contributed by atoms with Crippen molar-refractivity contribution < 1.29 is 0 Å². The van der Waals surface area contributed by atoms with Crippen LogP contribution in [0.5, 0.6) is 0 Å². The average Bonchev–Trinajstić information content (AvgIpc) is 3.64. The fourth-order valence-electron chi connectivity index (χ4n) is 9.38. The molecule has 12 aromatic rings. The summed E-state index contributed by atoms with van der Waals surface area (Å²) in [6, 6.07) is 77.7. The second kappa shape index (κ2) is 13.7. The standard InChI is InChI=1S/C58H38N2/c1-37-20-22-39(23-21-37)44-27-29-57-53(32-44)54-35-51-49-28-26-45(43-25-24-38-12-8-9-17-42(38)30-43)31-50(49)47-18-10-11-19-48(47)52(51)36-58(54)60(57)46-33-55(40-13-4-2-5-14-40)59-56(34-46)41-15-6-3-7-16-41/h2-36H,1H3. The van der Waals surface area contributed by atoms with Gasteiger partial charge in [0.15, 0.2) is 0 Å². The van der Waals surface area contributed by atoms with Gasteiger partial charge in [-0.15, -0.1) is 0 Å². The van der Waals surface area contributed by atoms with E-state index in [2.05, 4.69) is 224 Å². The highest BCUT2D eigenvalue weighted by molar-refractivity contribution is 6.29. The van der Waals surface area contributed by atoms with Gasteiger partial charge in [0.1, 0.15) is 0 Å². The summed E-state index contributed by atoms with van der Waals surface area (Å²) in [5, 5.41) is 12.5. The van der Waals surface area contributed by atoms with Crippen molar-refractivity contribution in [2.24, 2.45) is 0 Å². The van der Waals surface area contributed by atoms with Crippen LogP contribution >= 0.6 is 0 Å². The van der Waals surface area contributed by atoms with Gasteiger partial charge in [0.05, 0.1) is 28.1 Å². The van der Waals surface area contributed by atoms with E-state index in [1.807, 2.05) is 0 Å². The summed E-state index contributed by atoms with van der Waals surface area (Å²) >= 11 is 0. The first-order valence-corrected chi connectivity index (χ1v) is 20.7. The van der Waals surface area contributed by atoms with Crippen molar-refractivity contribution in [2.75, 3.05) is 0 Å². The molecule has 0 saturated heterocycles. The van der Waals surface area contributed by atoms with E-state index in [1.165, 1.54) is 87.2 Å². The Bertz CT molecular complexity index is 3580. The molecule has 0 radical (unpaired) electrons. The molecule has 0 amide bonds. The van der Waals surface area contributed by atoms with Crippen molar-refractivity contribution in [3.05, 3.63) is 218 Å². The Morgan fingerprint density at radius 2 is 0.800 bits per heavy atom. The minimum atomic E-state index is 0.942. The highest BCUT2D eigenvalue weighted by Gasteiger charge is 2.19. The highest BCUT2D eigenvalue weighted by atomic mass is 15.0. The van der Waals surface area contributed by atoms with Crippen molar-refractivity contribution in [3.8, 4) is 50.5 Å². The van der Waals surface area contributed by atoms with E-state index >= 15 is 0 Å². The predicted molar refractivity (Wildman–Crippen MR) is 255 cm³/mol. The fraction of sp³-hybridized carbons (Fsp3) is 0.0172. The van der Waals surface area contributed by atoms with Crippen molar-refractivity contribution in [3.63, 3.8) is 0 Å². The van der Waals surface area contributed by atoms with Crippen LogP contribution < -0.4 is 0 Å². The largest absolute Gasteiger partial charge is 0.309 e. The van der Waals surface area contributed by atoms with Gasteiger partial charge < -0.3 is 4.57 Å². The third-order valence-corrected chi connectivity index (χ3v) is 12.4. The van der Waals surface area contributed by atoms with Crippen LogP contribution in [0.15, 0.2) is 212 Å². The van der Waals surface area contributed by atoms with E-state index in [0.717, 1.165) is 33.7 Å². The molecule has 12 rings (SSSR count). The monoisotopic (exact) mass is 762 g/mol. The molecule has 0 bridgehead atoms. The van der Waals surface area contributed by atoms with E-state index in [-0.39, 0.29) is 0 Å². The van der Waals surface area contributed by atoms with Crippen LogP contribution in [0.3, 0.4) is 0 Å². The normalized spacial score (nSPS) is 11.8. The first-order chi connectivity index (χ1) is 29.6. The summed E-state index contributed by atoms with van der Waals surface area (Å²) in [7, 11) is 0. The van der Waals surface area contributed by atoms with Crippen LogP contribution in [0.2, 0.25) is 0 Å². The molecule has 0 unspecified atom stereocenters. The van der Waals surface area contributed by atoms with Gasteiger partial charge >= 0.3 is 0 Å². The number of fused-ring (bicyclic) bond motifs is 10. The van der Waals surface area contributed by atoms with Crippen molar-refractivity contribution >= 4 is 64.9 Å². The van der Waals surface area contributed by atoms with E-state index in [1.54, 1.807) is 0 Å². The van der Waals surface area contributed by atoms with Gasteiger partial charge in [0, 0.05) is 21.9 Å². The van der Waals surface area contributed by atoms with Gasteiger partial charge in [0.2, 0.25) is 0 Å². The van der Waals surface area contributed by atoms with Crippen LogP contribution in [0.25, 0.3) is 115 Å². The average molecular weight is 763 g/mol. The summed E-state index contributed by atoms with van der Waals surface area (Å²) in [6.45, 7) is 2.15. The lowest BCUT2D eigenvalue weighted by molar-refractivity contribution is 1.16. The van der Waals surface area contributed by atoms with Gasteiger partial charge in [0.25, 0.3) is 0 Å². The second-order valence-electron chi connectivity index (χ2n) is 16.0. The Morgan fingerprint density at radius 1 is 0.300 bits per heavy atom. The molecule has 2 nitrogen and oxygen atoms in total. The maximum Gasteiger partial charge on any atom is 0.0730 e. The number of benzene rings is 10. The second-order valence-corrected chi connectivity index (χ2v) is 16.0. The number of pyridine rings is 1. The topological polar surface area (TPSA) is 17.8 Å². The molecule has 2 heterocycles. The number of rotatable bonds is 5. The van der Waals surface area contributed by atoms with Crippen LogP contribution in [0, 0.1) is 6.92 Å². The van der Waals surface area contributed by atoms with Crippen LogP contribution in [-0.4, -0.2) is 9.55 Å². The zero-order valence-corrected chi connectivity index (χ0v) is 33.1. The molecule has 0 atom stereocenters. The number of aromatic nitrogens is 2. The van der Waals surface area contributed by atoms with E-state index in [9.17, 15) is 0 Å². The molecular weight excluding hydrogens is 725 g/mol. The Kier molecular flexibility index (Phi) is 7.79. The van der Waals surface area contributed by atoms with Gasteiger partial charge in [-0.05, 0) is 121 Å². The summed E-state index contributed by atoms with van der Waals surface area (Å²) in [4.78, 5) is 5.26. The highest BCUT2D eigenvalue weighted by Crippen LogP contribution is 2.43. The summed E-state index contributed by atoms with van der Waals surface area (Å²) in [5.41, 5.74) is 13.6. The predicted octanol–water partition coefficient (Wildman–Crippen LogP) is 15.8. The Balaban J connectivity index is 1.17. The minimum Gasteiger partial charge on any atom is -0.309 e. The Labute approximate surface area is 348 Å². The molecule has 0 N–H and O–H groups in total. The van der Waals surface area contributed by atoms with Crippen LogP contribution in [0.4, 0.5) is 0 Å². The zero-order valence-electron chi connectivity index (χ0n) is 33.1. The lowest BCUT2D eigenvalue weighted by Crippen LogP contribution is -1.98. The molecule has 10 aromatic carbocycles. The van der Waals surface area contributed by atoms with Gasteiger partial charge in [-0.1, -0.05) is 169 Å². The molecule has 0 aliphatic carbocycles. The number of hydrogen-bond acceptors (Lipinski definition) is 1. The SMILES string of the molecule is Cc1ccc(-c2ccc3c(c2)c2cc4c5ccc(-c6ccc7ccccc7c6)cc5c5ccccc5c4cc2n3-c2cc(-c3ccccc3)nc(-c3ccccc3)c2)cc1. The van der Waals surface area contributed by atoms with E-state index in [0.29, 0.717) is 0 Å². The lowest BCUT2D eigenvalue weighted by atomic mass is 9.90. The van der Waals surface area contributed by atoms with Crippen LogP contribution in [-0.2, 0) is 0 Å². The molecular formula is C58H38N2. The number of aryl methyl sites for hydroxylation is 1. The zero-order chi connectivity index (χ0) is 39.7. The Morgan fingerprint density at radius 3 is 1.52 bits per heavy atom. The first kappa shape index (κ1) is 34.3. The molecule has 2 aromatic heterocycles. The maximum absolute atomic E-state index is 5.26. The van der Waals surface area contributed by atoms with Gasteiger partial charge in [-0.3, -0.25) is 0 Å². The number of nitrogens with zero attached hydrogens (tertiary/aromatic N) is 2. The number of hydrogen-bond donors (Lipinski definition) is 0. The molecule has 0 aliphatic rings. The fourth-order valence-corrected chi connectivity index (χ4v) is 9.38. The molecule has 0 saturated carbocycles. The third-order valence-electron chi connectivity index (χ3n) is 12.4. The molecule has 0 fully saturated rings. The lowest BCUT2D eigenvalue weighted by Gasteiger charge is -2.15. The van der Waals surface area contributed by atoms with E-state index < -0.39 is 0 Å². The molecule has 0 aliphatic heterocycles. The van der Waals surface area contributed by atoms with E-state index in [4.69, 9.17) is 4.98 Å². The van der Waals surface area contributed by atoms with Crippen molar-refractivity contribution in [2.45, 2.75) is 6.92 Å². The Hall–Kier alpha value is -7.81. The third kappa shape index (κ3) is 5.61. The van der Waals surface area contributed by atoms with Gasteiger partial charge in [-0.2, -0.15) is 0 Å².